The third-order valence-corrected chi connectivity index (χ3v) is 2.77. The van der Waals surface area contributed by atoms with Crippen LogP contribution in [0, 0.1) is 0 Å². The van der Waals surface area contributed by atoms with E-state index in [0.717, 1.165) is 11.4 Å². The van der Waals surface area contributed by atoms with Crippen LogP contribution in [0.1, 0.15) is 18.5 Å². The van der Waals surface area contributed by atoms with Gasteiger partial charge in [0.1, 0.15) is 5.75 Å². The molecule has 0 fully saturated rings. The van der Waals surface area contributed by atoms with Crippen molar-refractivity contribution in [2.24, 2.45) is 0 Å². The standard InChI is InChI=1S/C15H17NO/c1-12(16-14-6-4-3-5-7-14)13-8-10-15(17-2)11-9-13/h3-12,16H,1-2H3/t12-/m1/s1. The quantitative estimate of drug-likeness (QED) is 0.856. The molecule has 17 heavy (non-hydrogen) atoms. The number of hydrogen-bond donors (Lipinski definition) is 1. The smallest absolute Gasteiger partial charge is 0.118 e. The van der Waals surface area contributed by atoms with Crippen LogP contribution in [0.5, 0.6) is 5.75 Å². The summed E-state index contributed by atoms with van der Waals surface area (Å²) < 4.78 is 5.15. The lowest BCUT2D eigenvalue weighted by Crippen LogP contribution is -2.06. The molecular weight excluding hydrogens is 210 g/mol. The van der Waals surface area contributed by atoms with Crippen molar-refractivity contribution in [1.82, 2.24) is 0 Å². The Morgan fingerprint density at radius 1 is 0.941 bits per heavy atom. The first-order valence-corrected chi connectivity index (χ1v) is 5.75. The SMILES string of the molecule is COc1ccc([C@@H](C)Nc2ccccc2)cc1. The molecule has 2 aromatic rings. The lowest BCUT2D eigenvalue weighted by molar-refractivity contribution is 0.414. The number of rotatable bonds is 4. The number of nitrogens with one attached hydrogen (secondary N) is 1. The molecule has 0 spiro atoms. The summed E-state index contributed by atoms with van der Waals surface area (Å²) in [4.78, 5) is 0. The molecule has 0 aliphatic carbocycles. The van der Waals surface area contributed by atoms with Gasteiger partial charge in [-0.1, -0.05) is 30.3 Å². The molecule has 0 amide bonds. The van der Waals surface area contributed by atoms with Gasteiger partial charge in [-0.05, 0) is 36.8 Å². The molecule has 1 atom stereocenters. The average Bonchev–Trinajstić information content (AvgIpc) is 2.40. The minimum Gasteiger partial charge on any atom is -0.497 e. The second-order valence-electron chi connectivity index (χ2n) is 4.01. The van der Waals surface area contributed by atoms with Crippen LogP contribution in [0.3, 0.4) is 0 Å². The largest absolute Gasteiger partial charge is 0.497 e. The second kappa shape index (κ2) is 5.39. The molecule has 0 heterocycles. The number of anilines is 1. The van der Waals surface area contributed by atoms with Gasteiger partial charge in [-0.2, -0.15) is 0 Å². The van der Waals surface area contributed by atoms with Gasteiger partial charge in [-0.15, -0.1) is 0 Å². The number of methoxy groups -OCH3 is 1. The van der Waals surface area contributed by atoms with Crippen LogP contribution in [0.15, 0.2) is 54.6 Å². The van der Waals surface area contributed by atoms with Crippen molar-refractivity contribution in [2.75, 3.05) is 12.4 Å². The first kappa shape index (κ1) is 11.5. The Morgan fingerprint density at radius 3 is 2.18 bits per heavy atom. The third-order valence-electron chi connectivity index (χ3n) is 2.77. The van der Waals surface area contributed by atoms with Crippen LogP contribution in [-0.4, -0.2) is 7.11 Å². The molecule has 0 aliphatic heterocycles. The zero-order valence-corrected chi connectivity index (χ0v) is 10.2. The predicted octanol–water partition coefficient (Wildman–Crippen LogP) is 3.87. The second-order valence-corrected chi connectivity index (χ2v) is 4.01. The van der Waals surface area contributed by atoms with Crippen molar-refractivity contribution >= 4 is 5.69 Å². The molecule has 0 aromatic heterocycles. The summed E-state index contributed by atoms with van der Waals surface area (Å²) in [5, 5.41) is 3.45. The fourth-order valence-electron chi connectivity index (χ4n) is 1.76. The molecule has 0 saturated carbocycles. The summed E-state index contributed by atoms with van der Waals surface area (Å²) in [5.74, 6) is 0.890. The lowest BCUT2D eigenvalue weighted by atomic mass is 10.1. The predicted molar refractivity (Wildman–Crippen MR) is 71.5 cm³/mol. The normalized spacial score (nSPS) is 11.9. The molecule has 2 nitrogen and oxygen atoms in total. The van der Waals surface area contributed by atoms with E-state index in [4.69, 9.17) is 4.74 Å². The summed E-state index contributed by atoms with van der Waals surface area (Å²) in [7, 11) is 1.68. The van der Waals surface area contributed by atoms with Crippen molar-refractivity contribution in [2.45, 2.75) is 13.0 Å². The van der Waals surface area contributed by atoms with Gasteiger partial charge in [-0.25, -0.2) is 0 Å². The number of hydrogen-bond acceptors (Lipinski definition) is 2. The molecule has 1 N–H and O–H groups in total. The van der Waals surface area contributed by atoms with Crippen LogP contribution >= 0.6 is 0 Å². The van der Waals surface area contributed by atoms with Crippen LogP contribution in [0.25, 0.3) is 0 Å². The Morgan fingerprint density at radius 2 is 1.59 bits per heavy atom. The highest BCUT2D eigenvalue weighted by Crippen LogP contribution is 2.21. The summed E-state index contributed by atoms with van der Waals surface area (Å²) >= 11 is 0. The average molecular weight is 227 g/mol. The minimum atomic E-state index is 0.281. The summed E-state index contributed by atoms with van der Waals surface area (Å²) in [6.45, 7) is 2.15. The maximum Gasteiger partial charge on any atom is 0.118 e. The number of para-hydroxylation sites is 1. The van der Waals surface area contributed by atoms with Gasteiger partial charge >= 0.3 is 0 Å². The van der Waals surface area contributed by atoms with Gasteiger partial charge in [0.05, 0.1) is 7.11 Å². The van der Waals surface area contributed by atoms with Gasteiger partial charge in [0.25, 0.3) is 0 Å². The van der Waals surface area contributed by atoms with E-state index in [0.29, 0.717) is 0 Å². The first-order chi connectivity index (χ1) is 8.29. The van der Waals surface area contributed by atoms with Crippen LogP contribution in [0.4, 0.5) is 5.69 Å². The molecule has 2 rings (SSSR count). The van der Waals surface area contributed by atoms with Gasteiger partial charge < -0.3 is 10.1 Å². The van der Waals surface area contributed by atoms with E-state index < -0.39 is 0 Å². The highest BCUT2D eigenvalue weighted by Gasteiger charge is 2.04. The van der Waals surface area contributed by atoms with Crippen LogP contribution < -0.4 is 10.1 Å². The third kappa shape index (κ3) is 3.00. The van der Waals surface area contributed by atoms with Crippen molar-refractivity contribution in [3.05, 3.63) is 60.2 Å². The van der Waals surface area contributed by atoms with E-state index in [9.17, 15) is 0 Å². The fraction of sp³-hybridized carbons (Fsp3) is 0.200. The van der Waals surface area contributed by atoms with E-state index in [2.05, 4.69) is 36.5 Å². The van der Waals surface area contributed by atoms with E-state index >= 15 is 0 Å². The van der Waals surface area contributed by atoms with Crippen LogP contribution in [0.2, 0.25) is 0 Å². The highest BCUT2D eigenvalue weighted by atomic mass is 16.5. The Kier molecular flexibility index (Phi) is 3.66. The Labute approximate surface area is 102 Å². The zero-order chi connectivity index (χ0) is 12.1. The maximum atomic E-state index is 5.15. The topological polar surface area (TPSA) is 21.3 Å². The van der Waals surface area contributed by atoms with Gasteiger partial charge in [0.2, 0.25) is 0 Å². The van der Waals surface area contributed by atoms with Gasteiger partial charge in [0, 0.05) is 11.7 Å². The van der Waals surface area contributed by atoms with Crippen molar-refractivity contribution in [1.29, 1.82) is 0 Å². The Balaban J connectivity index is 2.06. The molecule has 2 heteroatoms. The van der Waals surface area contributed by atoms with E-state index in [1.54, 1.807) is 7.11 Å². The summed E-state index contributed by atoms with van der Waals surface area (Å²) in [5.41, 5.74) is 2.38. The highest BCUT2D eigenvalue weighted by molar-refractivity contribution is 5.45. The van der Waals surface area contributed by atoms with Gasteiger partial charge in [0.15, 0.2) is 0 Å². The van der Waals surface area contributed by atoms with Crippen molar-refractivity contribution in [3.8, 4) is 5.75 Å². The molecule has 0 radical (unpaired) electrons. The minimum absolute atomic E-state index is 0.281. The molecule has 2 aromatic carbocycles. The molecule has 0 aliphatic rings. The van der Waals surface area contributed by atoms with E-state index in [1.807, 2.05) is 30.3 Å². The number of ether oxygens (including phenoxy) is 1. The van der Waals surface area contributed by atoms with E-state index in [-0.39, 0.29) is 6.04 Å². The first-order valence-electron chi connectivity index (χ1n) is 5.75. The monoisotopic (exact) mass is 227 g/mol. The lowest BCUT2D eigenvalue weighted by Gasteiger charge is -2.15. The molecule has 0 unspecified atom stereocenters. The zero-order valence-electron chi connectivity index (χ0n) is 10.2. The molecule has 0 bridgehead atoms. The van der Waals surface area contributed by atoms with Gasteiger partial charge in [-0.3, -0.25) is 0 Å². The van der Waals surface area contributed by atoms with E-state index in [1.165, 1.54) is 5.56 Å². The molecular formula is C15H17NO. The Bertz CT molecular complexity index is 450. The fourth-order valence-corrected chi connectivity index (χ4v) is 1.76. The Hall–Kier alpha value is -1.96. The summed E-state index contributed by atoms with van der Waals surface area (Å²) in [6, 6.07) is 18.6. The molecule has 0 saturated heterocycles. The molecule has 88 valence electrons. The van der Waals surface area contributed by atoms with Crippen molar-refractivity contribution < 1.29 is 4.74 Å². The van der Waals surface area contributed by atoms with Crippen molar-refractivity contribution in [3.63, 3.8) is 0 Å². The number of benzene rings is 2. The summed E-state index contributed by atoms with van der Waals surface area (Å²) in [6.07, 6.45) is 0. The van der Waals surface area contributed by atoms with Crippen LogP contribution in [-0.2, 0) is 0 Å². The maximum absolute atomic E-state index is 5.15.